The molecule has 1 fully saturated rings. The molecule has 1 aliphatic rings. The van der Waals surface area contributed by atoms with E-state index < -0.39 is 10.2 Å². The van der Waals surface area contributed by atoms with Gasteiger partial charge in [0.05, 0.1) is 12.2 Å². The Morgan fingerprint density at radius 1 is 1.20 bits per heavy atom. The zero-order valence-corrected chi connectivity index (χ0v) is 14.9. The maximum atomic E-state index is 13.4. The van der Waals surface area contributed by atoms with Gasteiger partial charge in [0.1, 0.15) is 5.82 Å². The van der Waals surface area contributed by atoms with Crippen LogP contribution in [0.3, 0.4) is 0 Å². The average Bonchev–Trinajstić information content (AvgIpc) is 3.03. The Morgan fingerprint density at radius 2 is 1.92 bits per heavy atom. The molecule has 0 radical (unpaired) electrons. The highest BCUT2D eigenvalue weighted by molar-refractivity contribution is 7.86. The molecular formula is C14H20FN7O2S. The van der Waals surface area contributed by atoms with E-state index in [2.05, 4.69) is 20.4 Å². The van der Waals surface area contributed by atoms with E-state index in [0.29, 0.717) is 44.2 Å². The summed E-state index contributed by atoms with van der Waals surface area (Å²) in [6, 6.07) is 6.05. The first-order chi connectivity index (χ1) is 11.9. The Balaban J connectivity index is 1.67. The number of hydrogen-bond acceptors (Lipinski definition) is 6. The SMILES string of the molecule is CN(C)S(=O)(=O)N1CCN(Cc2nnnn2-c2cccc(F)c2)CC1. The number of hydrogen-bond donors (Lipinski definition) is 0. The van der Waals surface area contributed by atoms with Gasteiger partial charge in [-0.15, -0.1) is 5.10 Å². The van der Waals surface area contributed by atoms with Crippen molar-refractivity contribution in [2.75, 3.05) is 40.3 Å². The van der Waals surface area contributed by atoms with E-state index in [1.807, 2.05) is 0 Å². The molecule has 9 nitrogen and oxygen atoms in total. The number of nitrogens with zero attached hydrogens (tertiary/aromatic N) is 7. The molecule has 1 aliphatic heterocycles. The monoisotopic (exact) mass is 369 g/mol. The predicted octanol–water partition coefficient (Wildman–Crippen LogP) is -0.275. The van der Waals surface area contributed by atoms with E-state index in [0.717, 1.165) is 0 Å². The molecule has 1 saturated heterocycles. The first-order valence-electron chi connectivity index (χ1n) is 7.81. The van der Waals surface area contributed by atoms with Crippen LogP contribution in [0, 0.1) is 5.82 Å². The molecule has 0 unspecified atom stereocenters. The highest BCUT2D eigenvalue weighted by Crippen LogP contribution is 2.14. The molecule has 25 heavy (non-hydrogen) atoms. The molecule has 2 aromatic rings. The lowest BCUT2D eigenvalue weighted by atomic mass is 10.3. The number of aromatic nitrogens is 4. The zero-order chi connectivity index (χ0) is 18.0. The number of rotatable bonds is 5. The summed E-state index contributed by atoms with van der Waals surface area (Å²) in [6.45, 7) is 2.41. The van der Waals surface area contributed by atoms with Crippen LogP contribution in [-0.4, -0.2) is 82.4 Å². The van der Waals surface area contributed by atoms with Crippen molar-refractivity contribution in [3.8, 4) is 5.69 Å². The maximum absolute atomic E-state index is 13.4. The van der Waals surface area contributed by atoms with Crippen LogP contribution in [0.1, 0.15) is 5.82 Å². The molecular weight excluding hydrogens is 349 g/mol. The summed E-state index contributed by atoms with van der Waals surface area (Å²) in [7, 11) is -0.343. The molecule has 0 aliphatic carbocycles. The second kappa shape index (κ2) is 7.12. The quantitative estimate of drug-likeness (QED) is 0.721. The normalized spacial score (nSPS) is 17.3. The van der Waals surface area contributed by atoms with Crippen LogP contribution in [-0.2, 0) is 16.8 Å². The lowest BCUT2D eigenvalue weighted by Gasteiger charge is -2.34. The zero-order valence-electron chi connectivity index (χ0n) is 14.1. The van der Waals surface area contributed by atoms with Crippen molar-refractivity contribution >= 4 is 10.2 Å². The average molecular weight is 369 g/mol. The fourth-order valence-corrected chi connectivity index (χ4v) is 3.75. The minimum absolute atomic E-state index is 0.360. The van der Waals surface area contributed by atoms with Gasteiger partial charge in [-0.3, -0.25) is 4.90 Å². The molecule has 0 saturated carbocycles. The predicted molar refractivity (Wildman–Crippen MR) is 88.6 cm³/mol. The van der Waals surface area contributed by atoms with Crippen LogP contribution < -0.4 is 0 Å². The minimum Gasteiger partial charge on any atom is -0.293 e. The Bertz CT molecular complexity index is 831. The van der Waals surface area contributed by atoms with Crippen LogP contribution in [0.15, 0.2) is 24.3 Å². The van der Waals surface area contributed by atoms with Gasteiger partial charge in [-0.1, -0.05) is 6.07 Å². The van der Waals surface area contributed by atoms with Crippen molar-refractivity contribution in [3.05, 3.63) is 35.9 Å². The summed E-state index contributed by atoms with van der Waals surface area (Å²) in [5, 5.41) is 11.6. The van der Waals surface area contributed by atoms with E-state index in [9.17, 15) is 12.8 Å². The van der Waals surface area contributed by atoms with Gasteiger partial charge < -0.3 is 0 Å². The first-order valence-corrected chi connectivity index (χ1v) is 9.21. The first kappa shape index (κ1) is 17.9. The fourth-order valence-electron chi connectivity index (χ4n) is 2.66. The molecule has 0 N–H and O–H groups in total. The number of benzene rings is 1. The highest BCUT2D eigenvalue weighted by Gasteiger charge is 2.29. The van der Waals surface area contributed by atoms with E-state index in [-0.39, 0.29) is 5.82 Å². The van der Waals surface area contributed by atoms with Crippen molar-refractivity contribution < 1.29 is 12.8 Å². The molecule has 0 bridgehead atoms. The largest absolute Gasteiger partial charge is 0.293 e. The smallest absolute Gasteiger partial charge is 0.281 e. The Morgan fingerprint density at radius 3 is 2.56 bits per heavy atom. The third-order valence-electron chi connectivity index (χ3n) is 4.07. The number of tetrazole rings is 1. The van der Waals surface area contributed by atoms with Gasteiger partial charge in [0.25, 0.3) is 10.2 Å². The molecule has 0 amide bonds. The summed E-state index contributed by atoms with van der Waals surface area (Å²) in [5.74, 6) is 0.218. The fraction of sp³-hybridized carbons (Fsp3) is 0.500. The lowest BCUT2D eigenvalue weighted by molar-refractivity contribution is 0.173. The summed E-state index contributed by atoms with van der Waals surface area (Å²) in [5.41, 5.74) is 0.550. The van der Waals surface area contributed by atoms with Crippen LogP contribution in [0.25, 0.3) is 5.69 Å². The number of piperazine rings is 1. The maximum Gasteiger partial charge on any atom is 0.281 e. The van der Waals surface area contributed by atoms with Gasteiger partial charge >= 0.3 is 0 Å². The van der Waals surface area contributed by atoms with Crippen molar-refractivity contribution in [2.24, 2.45) is 0 Å². The van der Waals surface area contributed by atoms with Crippen LogP contribution in [0.4, 0.5) is 4.39 Å². The van der Waals surface area contributed by atoms with E-state index in [4.69, 9.17) is 0 Å². The summed E-state index contributed by atoms with van der Waals surface area (Å²) in [6.07, 6.45) is 0. The minimum atomic E-state index is -3.39. The van der Waals surface area contributed by atoms with Crippen LogP contribution >= 0.6 is 0 Å². The van der Waals surface area contributed by atoms with E-state index >= 15 is 0 Å². The van der Waals surface area contributed by atoms with Gasteiger partial charge in [0.15, 0.2) is 5.82 Å². The standard InChI is InChI=1S/C14H20FN7O2S/c1-19(2)25(23,24)21-8-6-20(7-9-21)11-14-16-17-18-22(14)13-5-3-4-12(15)10-13/h3-5,10H,6-9,11H2,1-2H3. The molecule has 1 aromatic carbocycles. The Kier molecular flexibility index (Phi) is 5.08. The summed E-state index contributed by atoms with van der Waals surface area (Å²) in [4.78, 5) is 2.07. The van der Waals surface area contributed by atoms with Crippen LogP contribution in [0.2, 0.25) is 0 Å². The molecule has 3 rings (SSSR count). The Labute approximate surface area is 145 Å². The van der Waals surface area contributed by atoms with Gasteiger partial charge in [-0.25, -0.2) is 4.39 Å². The van der Waals surface area contributed by atoms with Gasteiger partial charge in [-0.2, -0.15) is 21.7 Å². The second-order valence-corrected chi connectivity index (χ2v) is 8.09. The lowest BCUT2D eigenvalue weighted by Crippen LogP contribution is -2.51. The van der Waals surface area contributed by atoms with E-state index in [1.165, 1.54) is 39.5 Å². The molecule has 0 spiro atoms. The molecule has 1 aromatic heterocycles. The van der Waals surface area contributed by atoms with Crippen molar-refractivity contribution in [1.82, 2.24) is 33.7 Å². The van der Waals surface area contributed by atoms with Crippen molar-refractivity contribution in [3.63, 3.8) is 0 Å². The topological polar surface area (TPSA) is 87.5 Å². The third-order valence-corrected chi connectivity index (χ3v) is 6.01. The van der Waals surface area contributed by atoms with Gasteiger partial charge in [0.2, 0.25) is 0 Å². The number of halogens is 1. The summed E-state index contributed by atoms with van der Waals surface area (Å²) >= 11 is 0. The molecule has 2 heterocycles. The molecule has 136 valence electrons. The molecule has 11 heteroatoms. The van der Waals surface area contributed by atoms with Gasteiger partial charge in [-0.05, 0) is 28.6 Å². The van der Waals surface area contributed by atoms with Crippen molar-refractivity contribution in [1.29, 1.82) is 0 Å². The van der Waals surface area contributed by atoms with Gasteiger partial charge in [0, 0.05) is 40.3 Å². The van der Waals surface area contributed by atoms with Crippen molar-refractivity contribution in [2.45, 2.75) is 6.54 Å². The Hall–Kier alpha value is -1.95. The van der Waals surface area contributed by atoms with E-state index in [1.54, 1.807) is 12.1 Å². The third kappa shape index (κ3) is 3.84. The second-order valence-electron chi connectivity index (χ2n) is 5.95. The summed E-state index contributed by atoms with van der Waals surface area (Å²) < 4.78 is 41.9. The van der Waals surface area contributed by atoms with Crippen LogP contribution in [0.5, 0.6) is 0 Å². The highest BCUT2D eigenvalue weighted by atomic mass is 32.2. The molecule has 0 atom stereocenters.